The van der Waals surface area contributed by atoms with Crippen molar-refractivity contribution in [2.45, 2.75) is 0 Å². The maximum atomic E-state index is 8.36. The van der Waals surface area contributed by atoms with Gasteiger partial charge in [0.25, 0.3) is 0 Å². The molecule has 0 bridgehead atoms. The van der Waals surface area contributed by atoms with Gasteiger partial charge in [-0.1, -0.05) is 0 Å². The van der Waals surface area contributed by atoms with Gasteiger partial charge < -0.3 is 15.5 Å². The molecule has 39 valence electrons. The molecular formula is CH7BNaO3S. The standard InChI is InChI=1S/CH4S.BHO2.Na.H2O/c1-2;2-1-3;;/h2H,1H3;2H;;1H2/q;-1;+1;. The van der Waals surface area contributed by atoms with E-state index in [2.05, 4.69) is 12.6 Å². The summed E-state index contributed by atoms with van der Waals surface area (Å²) >= 11 is 2.97. The first kappa shape index (κ1) is 23.9. The van der Waals surface area contributed by atoms with Crippen molar-refractivity contribution < 1.29 is 45.1 Å². The first-order valence-corrected chi connectivity index (χ1v) is 1.99. The van der Waals surface area contributed by atoms with Crippen LogP contribution in [0.2, 0.25) is 0 Å². The fourth-order valence-corrected chi connectivity index (χ4v) is 0. The van der Waals surface area contributed by atoms with Crippen molar-refractivity contribution in [1.82, 2.24) is 0 Å². The minimum Gasteiger partial charge on any atom is -0.870 e. The molecule has 1 radical (unpaired) electrons. The van der Waals surface area contributed by atoms with Crippen molar-refractivity contribution >= 4 is 20.3 Å². The molecule has 0 rings (SSSR count). The van der Waals surface area contributed by atoms with Gasteiger partial charge in [0, 0.05) is 0 Å². The van der Waals surface area contributed by atoms with Crippen molar-refractivity contribution in [1.29, 1.82) is 0 Å². The van der Waals surface area contributed by atoms with Crippen LogP contribution in [0, 0.1) is 0 Å². The molecule has 0 saturated heterocycles. The summed E-state index contributed by atoms with van der Waals surface area (Å²) in [5.41, 5.74) is 0. The second-order valence-electron chi connectivity index (χ2n) is 0.105. The molecule has 0 aromatic heterocycles. The van der Waals surface area contributed by atoms with Gasteiger partial charge in [-0.3, -0.25) is 0 Å². The van der Waals surface area contributed by atoms with Crippen LogP contribution in [0.25, 0.3) is 0 Å². The van der Waals surface area contributed by atoms with Gasteiger partial charge in [0.1, 0.15) is 0 Å². The van der Waals surface area contributed by atoms with Crippen LogP contribution in [0.1, 0.15) is 0 Å². The van der Waals surface area contributed by atoms with Crippen molar-refractivity contribution in [3.8, 4) is 0 Å². The zero-order valence-corrected chi connectivity index (χ0v) is 7.38. The largest absolute Gasteiger partial charge is 1.00 e. The Bertz CT molecular complexity index is 14.9. The Labute approximate surface area is 71.4 Å². The van der Waals surface area contributed by atoms with Crippen LogP contribution in [0.4, 0.5) is 0 Å². The summed E-state index contributed by atoms with van der Waals surface area (Å²) in [6.07, 6.45) is 1.81. The monoisotopic (exact) mass is 133 g/mol. The van der Waals surface area contributed by atoms with Gasteiger partial charge in [0.15, 0.2) is 7.69 Å². The summed E-state index contributed by atoms with van der Waals surface area (Å²) < 4.78 is 0. The molecule has 0 aromatic rings. The fraction of sp³-hybridized carbons (Fsp3) is 1.00. The van der Waals surface area contributed by atoms with E-state index in [0.29, 0.717) is 0 Å². The molecular weight excluding hydrogens is 126 g/mol. The molecule has 0 aliphatic rings. The molecule has 0 aliphatic heterocycles. The van der Waals surface area contributed by atoms with E-state index in [0.717, 1.165) is 0 Å². The molecule has 0 aromatic carbocycles. The van der Waals surface area contributed by atoms with Gasteiger partial charge in [-0.15, -0.1) is 0 Å². The van der Waals surface area contributed by atoms with E-state index in [1.165, 1.54) is 0 Å². The van der Waals surface area contributed by atoms with Gasteiger partial charge in [-0.05, 0) is 12.6 Å². The minimum absolute atomic E-state index is 0. The van der Waals surface area contributed by atoms with E-state index < -0.39 is 0 Å². The summed E-state index contributed by atoms with van der Waals surface area (Å²) in [5, 5.41) is 15.2. The Morgan fingerprint density at radius 1 is 1.57 bits per heavy atom. The normalized spacial score (nSPS) is 2.86. The van der Waals surface area contributed by atoms with Crippen LogP contribution in [0.15, 0.2) is 0 Å². The summed E-state index contributed by atoms with van der Waals surface area (Å²) in [6, 6.07) is 0. The second kappa shape index (κ2) is 54.9. The second-order valence-corrected chi connectivity index (χ2v) is 0.105. The zero-order valence-electron chi connectivity index (χ0n) is 4.38. The smallest absolute Gasteiger partial charge is 0.870 e. The average molecular weight is 133 g/mol. The van der Waals surface area contributed by atoms with Crippen LogP contribution in [0.5, 0.6) is 0 Å². The number of rotatable bonds is 0. The summed E-state index contributed by atoms with van der Waals surface area (Å²) in [4.78, 5) is 0. The predicted octanol–water partition coefficient (Wildman–Crippen LogP) is -5.67. The van der Waals surface area contributed by atoms with Crippen molar-refractivity contribution in [2.75, 3.05) is 6.26 Å². The van der Waals surface area contributed by atoms with Gasteiger partial charge in [0.2, 0.25) is 0 Å². The molecule has 0 aliphatic carbocycles. The Kier molecular flexibility index (Phi) is 188. The Balaban J connectivity index is -0.0000000105. The third kappa shape index (κ3) is 122. The summed E-state index contributed by atoms with van der Waals surface area (Å²) in [6.45, 7) is 0. The molecule has 0 atom stereocenters. The van der Waals surface area contributed by atoms with E-state index >= 15 is 0 Å². The van der Waals surface area contributed by atoms with Crippen LogP contribution < -0.4 is 34.6 Å². The first-order valence-electron chi connectivity index (χ1n) is 0.994. The van der Waals surface area contributed by atoms with Crippen molar-refractivity contribution in [2.24, 2.45) is 0 Å². The van der Waals surface area contributed by atoms with E-state index in [1.807, 2.05) is 0 Å². The molecule has 0 heterocycles. The summed E-state index contributed by atoms with van der Waals surface area (Å²) in [7, 11) is -0.250. The van der Waals surface area contributed by atoms with Crippen LogP contribution in [-0.4, -0.2) is 24.4 Å². The first-order chi connectivity index (χ1) is 2.41. The van der Waals surface area contributed by atoms with Gasteiger partial charge in [-0.2, -0.15) is 0 Å². The average Bonchev–Trinajstić information content (AvgIpc) is 1.46. The Morgan fingerprint density at radius 3 is 1.57 bits per heavy atom. The minimum atomic E-state index is -0.250. The van der Waals surface area contributed by atoms with Gasteiger partial charge >= 0.3 is 29.6 Å². The number of hydrogen-bond acceptors (Lipinski definition) is 3. The summed E-state index contributed by atoms with van der Waals surface area (Å²) in [5.74, 6) is 0. The van der Waals surface area contributed by atoms with Gasteiger partial charge in [-0.25, -0.2) is 0 Å². The topological polar surface area (TPSA) is 73.3 Å². The molecule has 0 spiro atoms. The van der Waals surface area contributed by atoms with Gasteiger partial charge in [0.05, 0.1) is 6.26 Å². The molecule has 0 fully saturated rings. The van der Waals surface area contributed by atoms with Crippen molar-refractivity contribution in [3.63, 3.8) is 0 Å². The molecule has 0 saturated carbocycles. The molecule has 7 heavy (non-hydrogen) atoms. The molecule has 0 unspecified atom stereocenters. The Hall–Kier alpha value is 1.29. The van der Waals surface area contributed by atoms with E-state index in [1.54, 1.807) is 6.26 Å². The van der Waals surface area contributed by atoms with Crippen LogP contribution in [0.3, 0.4) is 0 Å². The maximum absolute atomic E-state index is 8.36. The SMILES string of the molecule is C[SH2+].[Na+].[O-][B]O.[OH-]. The third-order valence-corrected chi connectivity index (χ3v) is 0. The number of hydrogen-bond donors (Lipinski definition) is 1. The van der Waals surface area contributed by atoms with E-state index in [-0.39, 0.29) is 42.7 Å². The molecule has 0 amide bonds. The van der Waals surface area contributed by atoms with Crippen molar-refractivity contribution in [3.05, 3.63) is 0 Å². The fourth-order valence-electron chi connectivity index (χ4n) is 0. The zero-order chi connectivity index (χ0) is 4.71. The van der Waals surface area contributed by atoms with Crippen LogP contribution >= 0.6 is 0 Å². The maximum Gasteiger partial charge on any atom is 1.00 e. The van der Waals surface area contributed by atoms with E-state index in [4.69, 9.17) is 10.0 Å². The molecule has 2 N–H and O–H groups in total. The van der Waals surface area contributed by atoms with E-state index in [9.17, 15) is 0 Å². The molecule has 6 heteroatoms. The Morgan fingerprint density at radius 2 is 1.57 bits per heavy atom. The third-order valence-electron chi connectivity index (χ3n) is 0. The quantitative estimate of drug-likeness (QED) is 0.264. The molecule has 3 nitrogen and oxygen atoms in total. The predicted molar refractivity (Wildman–Crippen MR) is 26.0 cm³/mol. The van der Waals surface area contributed by atoms with Crippen LogP contribution in [-0.2, 0) is 12.6 Å².